The Kier molecular flexibility index (Phi) is 6.37. The summed E-state index contributed by atoms with van der Waals surface area (Å²) in [6, 6.07) is 11.0. The van der Waals surface area contributed by atoms with Crippen LogP contribution in [0.15, 0.2) is 48.7 Å². The maximum atomic E-state index is 13.5. The molecule has 2 N–H and O–H groups in total. The molecule has 0 spiro atoms. The Morgan fingerprint density at radius 1 is 1.21 bits per heavy atom. The number of phenolic OH excluding ortho intramolecular Hbond substituents is 1. The van der Waals surface area contributed by atoms with Gasteiger partial charge in [0.15, 0.2) is 17.7 Å². The topological polar surface area (TPSA) is 99.5 Å². The maximum absolute atomic E-state index is 13.5. The summed E-state index contributed by atoms with van der Waals surface area (Å²) < 4.78 is 8.34. The lowest BCUT2D eigenvalue weighted by atomic mass is 10.0. The van der Waals surface area contributed by atoms with Gasteiger partial charge in [-0.05, 0) is 23.6 Å². The third-order valence-corrected chi connectivity index (χ3v) is 5.74. The van der Waals surface area contributed by atoms with Gasteiger partial charge < -0.3 is 24.6 Å². The molecule has 0 radical (unpaired) electrons. The Morgan fingerprint density at radius 3 is 2.55 bits per heavy atom. The number of carbonyl (C=O) groups excluding carboxylic acids is 2. The van der Waals surface area contributed by atoms with Crippen molar-refractivity contribution < 1.29 is 29.3 Å². The molecule has 11 heteroatoms. The van der Waals surface area contributed by atoms with Crippen molar-refractivity contribution in [3.05, 3.63) is 59.8 Å². The Balaban J connectivity index is 1.80. The third-order valence-electron chi connectivity index (χ3n) is 5.41. The first-order valence-corrected chi connectivity index (χ1v) is 10.9. The molecule has 2 heterocycles. The van der Waals surface area contributed by atoms with E-state index in [1.807, 2.05) is 30.3 Å². The van der Waals surface area contributed by atoms with Gasteiger partial charge in [0, 0.05) is 12.3 Å². The first-order chi connectivity index (χ1) is 15.6. The largest absolute Gasteiger partial charge is 0.504 e. The lowest BCUT2D eigenvalue weighted by molar-refractivity contribution is 0.0553. The van der Waals surface area contributed by atoms with Crippen LogP contribution in [0, 0.1) is 0 Å². The van der Waals surface area contributed by atoms with Crippen molar-refractivity contribution in [2.24, 2.45) is 0 Å². The van der Waals surface area contributed by atoms with E-state index in [0.717, 1.165) is 22.1 Å². The molecule has 1 unspecified atom stereocenters. The van der Waals surface area contributed by atoms with Gasteiger partial charge in [-0.15, -0.1) is 0 Å². The van der Waals surface area contributed by atoms with E-state index >= 15 is 0 Å². The molecule has 0 fully saturated rings. The molecule has 2 atom stereocenters. The monoisotopic (exact) mass is 512 g/mol. The number of rotatable bonds is 3. The first kappa shape index (κ1) is 23.5. The normalized spacial score (nSPS) is 20.0. The van der Waals surface area contributed by atoms with Crippen molar-refractivity contribution in [1.29, 1.82) is 0 Å². The molecule has 8 nitrogen and oxygen atoms in total. The van der Waals surface area contributed by atoms with Gasteiger partial charge in [0.05, 0.1) is 24.4 Å². The summed E-state index contributed by atoms with van der Waals surface area (Å²) in [5.41, 5.74) is 1.63. The van der Waals surface area contributed by atoms with Crippen LogP contribution < -0.4 is 9.64 Å². The number of nitrogens with zero attached hydrogens (tertiary/aromatic N) is 2. The number of carbonyl (C=O) groups is 2. The molecule has 2 aliphatic rings. The van der Waals surface area contributed by atoms with Crippen LogP contribution in [-0.2, 0) is 4.74 Å². The van der Waals surface area contributed by atoms with Gasteiger partial charge in [0.1, 0.15) is 6.61 Å². The van der Waals surface area contributed by atoms with E-state index in [0.29, 0.717) is 0 Å². The highest BCUT2D eigenvalue weighted by Crippen LogP contribution is 2.42. The molecule has 33 heavy (non-hydrogen) atoms. The second-order valence-electron chi connectivity index (χ2n) is 7.50. The van der Waals surface area contributed by atoms with E-state index < -0.39 is 34.7 Å². The number of benzene rings is 2. The van der Waals surface area contributed by atoms with Gasteiger partial charge in [-0.1, -0.05) is 65.1 Å². The molecular weight excluding hydrogens is 495 g/mol. The van der Waals surface area contributed by atoms with Gasteiger partial charge in [-0.3, -0.25) is 4.79 Å². The number of aliphatic hydroxyl groups is 1. The summed E-state index contributed by atoms with van der Waals surface area (Å²) in [5.74, 6) is -0.802. The zero-order chi connectivity index (χ0) is 23.9. The Hall–Kier alpha value is -2.65. The van der Waals surface area contributed by atoms with Crippen molar-refractivity contribution in [2.45, 2.75) is 22.5 Å². The van der Waals surface area contributed by atoms with Crippen LogP contribution in [0.4, 0.5) is 10.5 Å². The van der Waals surface area contributed by atoms with Crippen molar-refractivity contribution in [2.75, 3.05) is 18.6 Å². The zero-order valence-electron chi connectivity index (χ0n) is 17.2. The summed E-state index contributed by atoms with van der Waals surface area (Å²) in [5, 5.41) is 21.5. The number of amides is 2. The molecule has 2 aromatic carbocycles. The Morgan fingerprint density at radius 2 is 1.91 bits per heavy atom. The predicted molar refractivity (Wildman–Crippen MR) is 124 cm³/mol. The quantitative estimate of drug-likeness (QED) is 0.594. The minimum atomic E-state index is -1.88. The number of anilines is 1. The van der Waals surface area contributed by atoms with Crippen molar-refractivity contribution in [1.82, 2.24) is 4.90 Å². The number of alkyl halides is 3. The van der Waals surface area contributed by atoms with Gasteiger partial charge >= 0.3 is 6.09 Å². The number of aliphatic hydroxyl groups excluding tert-OH is 1. The van der Waals surface area contributed by atoms with Crippen LogP contribution >= 0.6 is 34.8 Å². The van der Waals surface area contributed by atoms with Gasteiger partial charge in [0.2, 0.25) is 3.79 Å². The zero-order valence-corrected chi connectivity index (χ0v) is 19.5. The molecule has 2 aliphatic heterocycles. The van der Waals surface area contributed by atoms with Gasteiger partial charge in [-0.25, -0.2) is 9.69 Å². The second kappa shape index (κ2) is 8.95. The fourth-order valence-electron chi connectivity index (χ4n) is 3.91. The SMILES string of the molecule is COc1cc2c(cc1O)N(C(=O)OCC(Cl)(Cl)Cl)C(O)[C@H]1CC(c3ccccc3)=CN1C2=O. The number of halogens is 3. The number of fused-ring (bicyclic) bond motifs is 2. The average molecular weight is 514 g/mol. The molecule has 0 bridgehead atoms. The predicted octanol–water partition coefficient (Wildman–Crippen LogP) is 4.30. The highest BCUT2D eigenvalue weighted by molar-refractivity contribution is 6.67. The number of hydrogen-bond acceptors (Lipinski definition) is 6. The summed E-state index contributed by atoms with van der Waals surface area (Å²) in [6.45, 7) is -0.590. The van der Waals surface area contributed by atoms with Crippen LogP contribution in [0.25, 0.3) is 5.57 Å². The highest BCUT2D eigenvalue weighted by Gasteiger charge is 2.46. The minimum absolute atomic E-state index is 0.0163. The van der Waals surface area contributed by atoms with Crippen LogP contribution in [-0.4, -0.2) is 56.9 Å². The Labute approximate surface area is 204 Å². The average Bonchev–Trinajstić information content (AvgIpc) is 3.20. The lowest BCUT2D eigenvalue weighted by Gasteiger charge is -2.32. The van der Waals surface area contributed by atoms with E-state index in [1.54, 1.807) is 6.20 Å². The minimum Gasteiger partial charge on any atom is -0.504 e. The number of aromatic hydroxyl groups is 1. The van der Waals surface area contributed by atoms with Crippen molar-refractivity contribution in [3.8, 4) is 11.5 Å². The lowest BCUT2D eigenvalue weighted by Crippen LogP contribution is -2.50. The van der Waals surface area contributed by atoms with Crippen LogP contribution in [0.2, 0.25) is 0 Å². The van der Waals surface area contributed by atoms with Crippen molar-refractivity contribution >= 4 is 58.1 Å². The fourth-order valence-corrected chi connectivity index (χ4v) is 4.07. The maximum Gasteiger partial charge on any atom is 0.416 e. The standard InChI is InChI=1S/C22H19Cl3N2O6/c1-32-18-8-14-15(9-17(18)28)27(21(31)33-11-22(23,24)25)20(30)16-7-13(10-26(16)19(14)29)12-5-3-2-4-6-12/h2-6,8-10,16,20,28,30H,7,11H2,1H3/t16-,20?/m1/s1. The van der Waals surface area contributed by atoms with Crippen molar-refractivity contribution in [3.63, 3.8) is 0 Å². The smallest absolute Gasteiger partial charge is 0.416 e. The molecule has 2 amide bonds. The number of hydrogen-bond donors (Lipinski definition) is 2. The fraction of sp³-hybridized carbons (Fsp3) is 0.273. The van der Waals surface area contributed by atoms with E-state index in [2.05, 4.69) is 0 Å². The van der Waals surface area contributed by atoms with Gasteiger partial charge in [-0.2, -0.15) is 0 Å². The summed E-state index contributed by atoms with van der Waals surface area (Å²) >= 11 is 17.1. The van der Waals surface area contributed by atoms with E-state index in [9.17, 15) is 19.8 Å². The molecule has 0 saturated carbocycles. The summed E-state index contributed by atoms with van der Waals surface area (Å²) in [7, 11) is 1.33. The second-order valence-corrected chi connectivity index (χ2v) is 10.0. The molecule has 0 saturated heterocycles. The van der Waals surface area contributed by atoms with E-state index in [1.165, 1.54) is 18.1 Å². The molecule has 0 aromatic heterocycles. The number of methoxy groups -OCH3 is 1. The summed E-state index contributed by atoms with van der Waals surface area (Å²) in [6.07, 6.45) is -0.668. The highest BCUT2D eigenvalue weighted by atomic mass is 35.6. The molecule has 174 valence electrons. The molecule has 2 aromatic rings. The van der Waals surface area contributed by atoms with E-state index in [4.69, 9.17) is 44.3 Å². The van der Waals surface area contributed by atoms with Crippen LogP contribution in [0.5, 0.6) is 11.5 Å². The third kappa shape index (κ3) is 4.56. The molecular formula is C22H19Cl3N2O6. The Bertz CT molecular complexity index is 1120. The number of ether oxygens (including phenoxy) is 2. The molecule has 4 rings (SSSR count). The van der Waals surface area contributed by atoms with E-state index in [-0.39, 0.29) is 29.2 Å². The first-order valence-electron chi connectivity index (χ1n) is 9.81. The summed E-state index contributed by atoms with van der Waals surface area (Å²) in [4.78, 5) is 28.7. The molecule has 0 aliphatic carbocycles. The van der Waals surface area contributed by atoms with Gasteiger partial charge in [0.25, 0.3) is 5.91 Å². The van der Waals surface area contributed by atoms with Crippen LogP contribution in [0.3, 0.4) is 0 Å². The number of phenols is 1. The van der Waals surface area contributed by atoms with Crippen LogP contribution in [0.1, 0.15) is 22.3 Å².